The summed E-state index contributed by atoms with van der Waals surface area (Å²) in [7, 11) is 3.16. The van der Waals surface area contributed by atoms with Gasteiger partial charge in [0.05, 0.1) is 14.2 Å². The van der Waals surface area contributed by atoms with Crippen LogP contribution in [0, 0.1) is 0 Å². The largest absolute Gasteiger partial charge is 0.493 e. The highest BCUT2D eigenvalue weighted by atomic mass is 16.5. The van der Waals surface area contributed by atoms with Gasteiger partial charge in [0.15, 0.2) is 23.9 Å². The smallest absolute Gasteiger partial charge is 0.306 e. The number of ether oxygens (including phenoxy) is 3. The van der Waals surface area contributed by atoms with Crippen LogP contribution in [-0.2, 0) is 29.1 Å². The monoisotopic (exact) mass is 334 g/mol. The average molecular weight is 334 g/mol. The average Bonchev–Trinajstić information content (AvgIpc) is 3.05. The first kappa shape index (κ1) is 17.7. The molecule has 0 fully saturated rings. The summed E-state index contributed by atoms with van der Waals surface area (Å²) in [6.07, 6.45) is 1.73. The number of benzene rings is 1. The Morgan fingerprint density at radius 3 is 2.71 bits per heavy atom. The highest BCUT2D eigenvalue weighted by Crippen LogP contribution is 2.27. The van der Waals surface area contributed by atoms with Crippen LogP contribution in [0.15, 0.2) is 18.2 Å². The summed E-state index contributed by atoms with van der Waals surface area (Å²) in [5.74, 6) is 1.56. The number of tetrazole rings is 1. The van der Waals surface area contributed by atoms with Crippen LogP contribution < -0.4 is 9.47 Å². The van der Waals surface area contributed by atoms with Gasteiger partial charge in [0, 0.05) is 13.0 Å². The predicted octanol–water partition coefficient (Wildman–Crippen LogP) is 1.78. The molecule has 1 aromatic heterocycles. The van der Waals surface area contributed by atoms with E-state index < -0.39 is 0 Å². The van der Waals surface area contributed by atoms with Crippen molar-refractivity contribution in [2.75, 3.05) is 14.2 Å². The summed E-state index contributed by atoms with van der Waals surface area (Å²) in [5.41, 5.74) is 0.973. The first-order chi connectivity index (χ1) is 11.7. The van der Waals surface area contributed by atoms with Gasteiger partial charge >= 0.3 is 5.97 Å². The molecule has 1 heterocycles. The molecule has 8 nitrogen and oxygen atoms in total. The third-order valence-electron chi connectivity index (χ3n) is 3.47. The highest BCUT2D eigenvalue weighted by molar-refractivity contribution is 5.69. The molecular formula is C16H22N4O4. The number of esters is 1. The summed E-state index contributed by atoms with van der Waals surface area (Å²) in [4.78, 5) is 11.9. The first-order valence-electron chi connectivity index (χ1n) is 7.79. The van der Waals surface area contributed by atoms with Gasteiger partial charge in [0.1, 0.15) is 0 Å². The lowest BCUT2D eigenvalue weighted by molar-refractivity contribution is -0.145. The molecule has 0 N–H and O–H groups in total. The van der Waals surface area contributed by atoms with Crippen molar-refractivity contribution in [3.05, 3.63) is 29.6 Å². The van der Waals surface area contributed by atoms with E-state index in [2.05, 4.69) is 15.5 Å². The lowest BCUT2D eigenvalue weighted by atomic mass is 10.1. The van der Waals surface area contributed by atoms with Gasteiger partial charge in [-0.25, -0.2) is 4.68 Å². The fraction of sp³-hybridized carbons (Fsp3) is 0.500. The Hall–Kier alpha value is -2.64. The molecule has 0 aliphatic carbocycles. The van der Waals surface area contributed by atoms with Gasteiger partial charge in [0.25, 0.3) is 0 Å². The van der Waals surface area contributed by atoms with Crippen molar-refractivity contribution in [2.24, 2.45) is 0 Å². The number of methoxy groups -OCH3 is 2. The van der Waals surface area contributed by atoms with Gasteiger partial charge in [-0.1, -0.05) is 13.0 Å². The van der Waals surface area contributed by atoms with Crippen LogP contribution in [0.4, 0.5) is 0 Å². The molecule has 0 atom stereocenters. The summed E-state index contributed by atoms with van der Waals surface area (Å²) in [6, 6.07) is 5.57. The van der Waals surface area contributed by atoms with Crippen LogP contribution in [0.2, 0.25) is 0 Å². The second kappa shape index (κ2) is 8.85. The summed E-state index contributed by atoms with van der Waals surface area (Å²) in [6.45, 7) is 2.81. The molecule has 0 bridgehead atoms. The zero-order chi connectivity index (χ0) is 17.4. The van der Waals surface area contributed by atoms with Crippen molar-refractivity contribution < 1.29 is 19.0 Å². The van der Waals surface area contributed by atoms with E-state index in [9.17, 15) is 4.79 Å². The number of carbonyl (C=O) groups excluding carboxylic acids is 1. The lowest BCUT2D eigenvalue weighted by Crippen LogP contribution is -2.11. The van der Waals surface area contributed by atoms with Gasteiger partial charge in [-0.3, -0.25) is 4.79 Å². The molecular weight excluding hydrogens is 312 g/mol. The SMILES string of the molecule is CCCn1nnnc1COC(=O)CCc1ccc(OC)c(OC)c1. The Labute approximate surface area is 140 Å². The Morgan fingerprint density at radius 1 is 1.21 bits per heavy atom. The summed E-state index contributed by atoms with van der Waals surface area (Å²) < 4.78 is 17.3. The number of nitrogens with zero attached hydrogens (tertiary/aromatic N) is 4. The fourth-order valence-electron chi connectivity index (χ4n) is 2.21. The first-order valence-corrected chi connectivity index (χ1v) is 7.79. The molecule has 130 valence electrons. The van der Waals surface area contributed by atoms with Crippen molar-refractivity contribution in [3.63, 3.8) is 0 Å². The van der Waals surface area contributed by atoms with E-state index in [1.54, 1.807) is 18.9 Å². The second-order valence-corrected chi connectivity index (χ2v) is 5.17. The Kier molecular flexibility index (Phi) is 6.53. The van der Waals surface area contributed by atoms with E-state index >= 15 is 0 Å². The van der Waals surface area contributed by atoms with Crippen LogP contribution in [-0.4, -0.2) is 40.4 Å². The third-order valence-corrected chi connectivity index (χ3v) is 3.47. The maximum Gasteiger partial charge on any atom is 0.306 e. The maximum atomic E-state index is 11.9. The quantitative estimate of drug-likeness (QED) is 0.646. The number of aryl methyl sites for hydroxylation is 2. The Morgan fingerprint density at radius 2 is 2.00 bits per heavy atom. The lowest BCUT2D eigenvalue weighted by Gasteiger charge is -2.09. The van der Waals surface area contributed by atoms with Gasteiger partial charge in [-0.2, -0.15) is 0 Å². The molecule has 8 heteroatoms. The van der Waals surface area contributed by atoms with Crippen LogP contribution in [0.5, 0.6) is 11.5 Å². The molecule has 24 heavy (non-hydrogen) atoms. The van der Waals surface area contributed by atoms with Gasteiger partial charge in [-0.15, -0.1) is 5.10 Å². The maximum absolute atomic E-state index is 11.9. The number of rotatable bonds is 9. The molecule has 0 aliphatic heterocycles. The number of hydrogen-bond acceptors (Lipinski definition) is 7. The number of hydrogen-bond donors (Lipinski definition) is 0. The number of aromatic nitrogens is 4. The molecule has 0 unspecified atom stereocenters. The summed E-state index contributed by atoms with van der Waals surface area (Å²) >= 11 is 0. The molecule has 2 aromatic rings. The normalized spacial score (nSPS) is 10.5. The Bertz CT molecular complexity index is 672. The van der Waals surface area contributed by atoms with Crippen molar-refractivity contribution >= 4 is 5.97 Å². The molecule has 1 aromatic carbocycles. The minimum absolute atomic E-state index is 0.0811. The minimum Gasteiger partial charge on any atom is -0.493 e. The topological polar surface area (TPSA) is 88.4 Å². The number of carbonyl (C=O) groups is 1. The van der Waals surface area contributed by atoms with Crippen molar-refractivity contribution in [3.8, 4) is 11.5 Å². The summed E-state index contributed by atoms with van der Waals surface area (Å²) in [5, 5.41) is 11.3. The molecule has 2 rings (SSSR count). The Balaban J connectivity index is 1.84. The second-order valence-electron chi connectivity index (χ2n) is 5.17. The van der Waals surface area contributed by atoms with Crippen LogP contribution in [0.1, 0.15) is 31.2 Å². The molecule has 0 saturated heterocycles. The molecule has 0 saturated carbocycles. The van der Waals surface area contributed by atoms with E-state index in [1.807, 2.05) is 25.1 Å². The van der Waals surface area contributed by atoms with Crippen LogP contribution >= 0.6 is 0 Å². The molecule has 0 radical (unpaired) electrons. The zero-order valence-electron chi connectivity index (χ0n) is 14.2. The van der Waals surface area contributed by atoms with E-state index in [-0.39, 0.29) is 19.0 Å². The van der Waals surface area contributed by atoms with Gasteiger partial charge in [0.2, 0.25) is 0 Å². The molecule has 0 spiro atoms. The van der Waals surface area contributed by atoms with Crippen molar-refractivity contribution in [1.29, 1.82) is 0 Å². The molecule has 0 aliphatic rings. The highest BCUT2D eigenvalue weighted by Gasteiger charge is 2.11. The van der Waals surface area contributed by atoms with Crippen LogP contribution in [0.25, 0.3) is 0 Å². The fourth-order valence-corrected chi connectivity index (χ4v) is 2.21. The van der Waals surface area contributed by atoms with E-state index in [4.69, 9.17) is 14.2 Å². The predicted molar refractivity (Wildman–Crippen MR) is 85.8 cm³/mol. The third kappa shape index (κ3) is 4.68. The minimum atomic E-state index is -0.296. The standard InChI is InChI=1S/C16H22N4O4/c1-4-9-20-15(17-18-19-20)11-24-16(21)8-6-12-5-7-13(22-2)14(10-12)23-3/h5,7,10H,4,6,8-9,11H2,1-3H3. The van der Waals surface area contributed by atoms with E-state index in [1.165, 1.54) is 0 Å². The molecule has 0 amide bonds. The van der Waals surface area contributed by atoms with Crippen molar-refractivity contribution in [1.82, 2.24) is 20.2 Å². The van der Waals surface area contributed by atoms with Crippen molar-refractivity contribution in [2.45, 2.75) is 39.3 Å². The van der Waals surface area contributed by atoms with E-state index in [0.29, 0.717) is 30.3 Å². The van der Waals surface area contributed by atoms with Gasteiger partial charge in [-0.05, 0) is 41.0 Å². The van der Waals surface area contributed by atoms with Crippen LogP contribution in [0.3, 0.4) is 0 Å². The van der Waals surface area contributed by atoms with E-state index in [0.717, 1.165) is 12.0 Å². The van der Waals surface area contributed by atoms with Gasteiger partial charge < -0.3 is 14.2 Å². The zero-order valence-corrected chi connectivity index (χ0v) is 14.2.